The van der Waals surface area contributed by atoms with Crippen molar-refractivity contribution in [3.63, 3.8) is 0 Å². The van der Waals surface area contributed by atoms with Crippen molar-refractivity contribution in [3.8, 4) is 10.6 Å². The second-order valence-electron chi connectivity index (χ2n) is 4.37. The Balaban J connectivity index is 1.99. The summed E-state index contributed by atoms with van der Waals surface area (Å²) in [4.78, 5) is 16.1. The first-order chi connectivity index (χ1) is 9.69. The summed E-state index contributed by atoms with van der Waals surface area (Å²) >= 11 is 1.56. The number of rotatable bonds is 5. The number of anilines is 1. The van der Waals surface area contributed by atoms with Gasteiger partial charge in [-0.05, 0) is 19.1 Å². The van der Waals surface area contributed by atoms with Crippen LogP contribution in [-0.4, -0.2) is 30.8 Å². The maximum absolute atomic E-state index is 11.8. The van der Waals surface area contributed by atoms with Crippen LogP contribution in [0.15, 0.2) is 35.8 Å². The lowest BCUT2D eigenvalue weighted by molar-refractivity contribution is 0.173. The zero-order chi connectivity index (χ0) is 14.4. The van der Waals surface area contributed by atoms with Gasteiger partial charge in [0.2, 0.25) is 0 Å². The van der Waals surface area contributed by atoms with Gasteiger partial charge >= 0.3 is 6.03 Å². The normalized spacial score (nSPS) is 11.9. The van der Waals surface area contributed by atoms with Gasteiger partial charge in [0.1, 0.15) is 5.01 Å². The quantitative estimate of drug-likeness (QED) is 0.890. The van der Waals surface area contributed by atoms with Gasteiger partial charge in [0.25, 0.3) is 0 Å². The number of thiazole rings is 1. The molecular formula is C14H17N3O2S. The molecule has 1 atom stereocenters. The molecule has 0 spiro atoms. The Kier molecular flexibility index (Phi) is 5.09. The van der Waals surface area contributed by atoms with Crippen LogP contribution in [0.2, 0.25) is 0 Å². The second-order valence-corrected chi connectivity index (χ2v) is 5.27. The SMILES string of the molecule is COCC(C)NC(=O)Nc1cccc(-c2nccs2)c1. The number of ether oxygens (including phenoxy) is 1. The van der Waals surface area contributed by atoms with E-state index in [9.17, 15) is 4.79 Å². The van der Waals surface area contributed by atoms with E-state index in [0.717, 1.165) is 16.3 Å². The maximum atomic E-state index is 11.8. The molecule has 1 aromatic carbocycles. The van der Waals surface area contributed by atoms with Crippen LogP contribution in [0.1, 0.15) is 6.92 Å². The lowest BCUT2D eigenvalue weighted by atomic mass is 10.2. The van der Waals surface area contributed by atoms with E-state index in [1.54, 1.807) is 24.6 Å². The molecule has 2 N–H and O–H groups in total. The summed E-state index contributed by atoms with van der Waals surface area (Å²) in [5.41, 5.74) is 1.72. The van der Waals surface area contributed by atoms with E-state index in [4.69, 9.17) is 4.74 Å². The monoisotopic (exact) mass is 291 g/mol. The minimum atomic E-state index is -0.245. The highest BCUT2D eigenvalue weighted by Crippen LogP contribution is 2.24. The van der Waals surface area contributed by atoms with E-state index < -0.39 is 0 Å². The standard InChI is InChI=1S/C14H17N3O2S/c1-10(9-19-2)16-14(18)17-12-5-3-4-11(8-12)13-15-6-7-20-13/h3-8,10H,9H2,1-2H3,(H2,16,17,18). The summed E-state index contributed by atoms with van der Waals surface area (Å²) in [5.74, 6) is 0. The van der Waals surface area contributed by atoms with Crippen LogP contribution in [0.3, 0.4) is 0 Å². The van der Waals surface area contributed by atoms with Gasteiger partial charge in [-0.25, -0.2) is 9.78 Å². The number of benzene rings is 1. The van der Waals surface area contributed by atoms with Gasteiger partial charge in [0.05, 0.1) is 12.6 Å². The first-order valence-corrected chi connectivity index (χ1v) is 7.13. The zero-order valence-corrected chi connectivity index (χ0v) is 12.2. The van der Waals surface area contributed by atoms with Crippen LogP contribution in [-0.2, 0) is 4.74 Å². The van der Waals surface area contributed by atoms with E-state index in [2.05, 4.69) is 15.6 Å². The molecule has 0 fully saturated rings. The molecule has 5 nitrogen and oxygen atoms in total. The van der Waals surface area contributed by atoms with E-state index in [1.807, 2.05) is 36.6 Å². The zero-order valence-electron chi connectivity index (χ0n) is 11.4. The van der Waals surface area contributed by atoms with E-state index in [1.165, 1.54) is 0 Å². The number of nitrogens with one attached hydrogen (secondary N) is 2. The number of aromatic nitrogens is 1. The van der Waals surface area contributed by atoms with Gasteiger partial charge in [-0.15, -0.1) is 11.3 Å². The third-order valence-electron chi connectivity index (χ3n) is 2.59. The largest absolute Gasteiger partial charge is 0.383 e. The highest BCUT2D eigenvalue weighted by atomic mass is 32.1. The van der Waals surface area contributed by atoms with Crippen LogP contribution in [0.4, 0.5) is 10.5 Å². The summed E-state index contributed by atoms with van der Waals surface area (Å²) in [6.07, 6.45) is 1.76. The van der Waals surface area contributed by atoms with E-state index >= 15 is 0 Å². The third-order valence-corrected chi connectivity index (χ3v) is 3.42. The van der Waals surface area contributed by atoms with Crippen molar-refractivity contribution in [2.24, 2.45) is 0 Å². The highest BCUT2D eigenvalue weighted by Gasteiger charge is 2.08. The molecule has 20 heavy (non-hydrogen) atoms. The van der Waals surface area contributed by atoms with Gasteiger partial charge in [0.15, 0.2) is 0 Å². The highest BCUT2D eigenvalue weighted by molar-refractivity contribution is 7.13. The van der Waals surface area contributed by atoms with E-state index in [-0.39, 0.29) is 12.1 Å². The molecule has 0 saturated heterocycles. The number of carbonyl (C=O) groups excluding carboxylic acids is 1. The first-order valence-electron chi connectivity index (χ1n) is 6.25. The second kappa shape index (κ2) is 7.02. The molecule has 6 heteroatoms. The predicted octanol–water partition coefficient (Wildman–Crippen LogP) is 2.97. The lowest BCUT2D eigenvalue weighted by Gasteiger charge is -2.13. The number of nitrogens with zero attached hydrogens (tertiary/aromatic N) is 1. The topological polar surface area (TPSA) is 63.2 Å². The maximum Gasteiger partial charge on any atom is 0.319 e. The Labute approximate surface area is 122 Å². The fourth-order valence-corrected chi connectivity index (χ4v) is 2.41. The Morgan fingerprint density at radius 3 is 3.05 bits per heavy atom. The third kappa shape index (κ3) is 4.04. The predicted molar refractivity (Wildman–Crippen MR) is 81.0 cm³/mol. The molecule has 0 bridgehead atoms. The molecular weight excluding hydrogens is 274 g/mol. The summed E-state index contributed by atoms with van der Waals surface area (Å²) < 4.78 is 4.97. The van der Waals surface area contributed by atoms with Crippen molar-refractivity contribution >= 4 is 23.1 Å². The van der Waals surface area contributed by atoms with Crippen molar-refractivity contribution in [2.75, 3.05) is 19.0 Å². The average Bonchev–Trinajstić information content (AvgIpc) is 2.92. The van der Waals surface area contributed by atoms with Gasteiger partial charge in [-0.3, -0.25) is 0 Å². The van der Waals surface area contributed by atoms with Crippen molar-refractivity contribution in [1.82, 2.24) is 10.3 Å². The molecule has 2 rings (SSSR count). The average molecular weight is 291 g/mol. The number of methoxy groups -OCH3 is 1. The number of amides is 2. The van der Waals surface area contributed by atoms with Crippen LogP contribution >= 0.6 is 11.3 Å². The summed E-state index contributed by atoms with van der Waals surface area (Å²) in [5, 5.41) is 8.46. The van der Waals surface area contributed by atoms with Crippen molar-refractivity contribution in [2.45, 2.75) is 13.0 Å². The minimum absolute atomic E-state index is 0.0397. The Morgan fingerprint density at radius 2 is 2.35 bits per heavy atom. The number of urea groups is 1. The number of hydrogen-bond acceptors (Lipinski definition) is 4. The van der Waals surface area contributed by atoms with Gasteiger partial charge < -0.3 is 15.4 Å². The molecule has 1 unspecified atom stereocenters. The molecule has 1 aromatic heterocycles. The molecule has 1 heterocycles. The van der Waals surface area contributed by atoms with Crippen molar-refractivity contribution < 1.29 is 9.53 Å². The molecule has 0 radical (unpaired) electrons. The van der Waals surface area contributed by atoms with Crippen molar-refractivity contribution in [3.05, 3.63) is 35.8 Å². The van der Waals surface area contributed by atoms with E-state index in [0.29, 0.717) is 6.61 Å². The lowest BCUT2D eigenvalue weighted by Crippen LogP contribution is -2.38. The summed E-state index contributed by atoms with van der Waals surface area (Å²) in [6, 6.07) is 7.32. The molecule has 106 valence electrons. The Bertz CT molecular complexity index is 557. The first kappa shape index (κ1) is 14.5. The van der Waals surface area contributed by atoms with Crippen LogP contribution in [0, 0.1) is 0 Å². The van der Waals surface area contributed by atoms with Crippen LogP contribution in [0.25, 0.3) is 10.6 Å². The smallest absolute Gasteiger partial charge is 0.319 e. The van der Waals surface area contributed by atoms with Gasteiger partial charge in [-0.1, -0.05) is 12.1 Å². The fourth-order valence-electron chi connectivity index (χ4n) is 1.78. The van der Waals surface area contributed by atoms with Crippen LogP contribution in [0.5, 0.6) is 0 Å². The van der Waals surface area contributed by atoms with Crippen LogP contribution < -0.4 is 10.6 Å². The molecule has 0 aliphatic heterocycles. The Morgan fingerprint density at radius 1 is 1.50 bits per heavy atom. The molecule has 0 aliphatic rings. The molecule has 2 amide bonds. The minimum Gasteiger partial charge on any atom is -0.383 e. The Hall–Kier alpha value is -1.92. The van der Waals surface area contributed by atoms with Gasteiger partial charge in [0, 0.05) is 29.9 Å². The number of hydrogen-bond donors (Lipinski definition) is 2. The summed E-state index contributed by atoms with van der Waals surface area (Å²) in [6.45, 7) is 2.36. The molecule has 0 aliphatic carbocycles. The number of carbonyl (C=O) groups is 1. The van der Waals surface area contributed by atoms with Crippen molar-refractivity contribution in [1.29, 1.82) is 0 Å². The van der Waals surface area contributed by atoms with Gasteiger partial charge in [-0.2, -0.15) is 0 Å². The molecule has 2 aromatic rings. The molecule has 0 saturated carbocycles. The fraction of sp³-hybridized carbons (Fsp3) is 0.286. The summed E-state index contributed by atoms with van der Waals surface area (Å²) in [7, 11) is 1.60.